The molecule has 0 aliphatic heterocycles. The van der Waals surface area contributed by atoms with Crippen LogP contribution in [0.4, 0.5) is 10.6 Å². The SMILES string of the molecule is COc1ccc(C)nc1NC(=O)NCc1cc(C2CC2)n(C)n1. The number of amides is 2. The Balaban J connectivity index is 1.59. The van der Waals surface area contributed by atoms with Crippen LogP contribution in [0.5, 0.6) is 5.75 Å². The Morgan fingerprint density at radius 3 is 2.91 bits per heavy atom. The fourth-order valence-corrected chi connectivity index (χ4v) is 2.51. The third-order valence-electron chi connectivity index (χ3n) is 3.84. The molecule has 0 spiro atoms. The van der Waals surface area contributed by atoms with E-state index < -0.39 is 0 Å². The van der Waals surface area contributed by atoms with E-state index in [0.717, 1.165) is 11.4 Å². The number of aryl methyl sites for hydroxylation is 2. The van der Waals surface area contributed by atoms with Gasteiger partial charge in [-0.15, -0.1) is 0 Å². The molecule has 0 atom stereocenters. The van der Waals surface area contributed by atoms with Gasteiger partial charge in [-0.1, -0.05) is 0 Å². The van der Waals surface area contributed by atoms with Crippen LogP contribution in [0.3, 0.4) is 0 Å². The highest BCUT2D eigenvalue weighted by Gasteiger charge is 2.27. The first-order chi connectivity index (χ1) is 11.1. The highest BCUT2D eigenvalue weighted by Crippen LogP contribution is 2.39. The van der Waals surface area contributed by atoms with Gasteiger partial charge in [0.15, 0.2) is 11.6 Å². The molecule has 7 heteroatoms. The zero-order valence-corrected chi connectivity index (χ0v) is 13.6. The summed E-state index contributed by atoms with van der Waals surface area (Å²) in [5.74, 6) is 1.57. The molecule has 2 N–H and O–H groups in total. The van der Waals surface area contributed by atoms with Crippen molar-refractivity contribution in [3.63, 3.8) is 0 Å². The first kappa shape index (κ1) is 15.3. The van der Waals surface area contributed by atoms with Gasteiger partial charge < -0.3 is 10.1 Å². The molecule has 2 aromatic rings. The summed E-state index contributed by atoms with van der Waals surface area (Å²) in [6.07, 6.45) is 2.46. The van der Waals surface area contributed by atoms with Crippen LogP contribution in [0.2, 0.25) is 0 Å². The minimum Gasteiger partial charge on any atom is -0.493 e. The number of ether oxygens (including phenoxy) is 1. The number of urea groups is 1. The normalized spacial score (nSPS) is 13.7. The average Bonchev–Trinajstić information content (AvgIpc) is 3.29. The van der Waals surface area contributed by atoms with Crippen molar-refractivity contribution in [3.05, 3.63) is 35.3 Å². The van der Waals surface area contributed by atoms with Gasteiger partial charge in [0.1, 0.15) is 0 Å². The third kappa shape index (κ3) is 3.61. The summed E-state index contributed by atoms with van der Waals surface area (Å²) >= 11 is 0. The van der Waals surface area contributed by atoms with E-state index in [1.807, 2.05) is 24.7 Å². The van der Waals surface area contributed by atoms with Crippen LogP contribution in [-0.2, 0) is 13.6 Å². The Bertz CT molecular complexity index is 721. The predicted octanol–water partition coefficient (Wildman–Crippen LogP) is 2.33. The lowest BCUT2D eigenvalue weighted by molar-refractivity contribution is 0.251. The van der Waals surface area contributed by atoms with Gasteiger partial charge in [-0.25, -0.2) is 9.78 Å². The Morgan fingerprint density at radius 1 is 1.43 bits per heavy atom. The third-order valence-corrected chi connectivity index (χ3v) is 3.84. The zero-order chi connectivity index (χ0) is 16.4. The maximum absolute atomic E-state index is 12.1. The fourth-order valence-electron chi connectivity index (χ4n) is 2.51. The Labute approximate surface area is 135 Å². The van der Waals surface area contributed by atoms with Crippen LogP contribution in [0.1, 0.15) is 35.8 Å². The van der Waals surface area contributed by atoms with Crippen molar-refractivity contribution >= 4 is 11.8 Å². The van der Waals surface area contributed by atoms with E-state index in [1.165, 1.54) is 18.5 Å². The second-order valence-corrected chi connectivity index (χ2v) is 5.77. The van der Waals surface area contributed by atoms with Crippen LogP contribution in [-0.4, -0.2) is 27.9 Å². The van der Waals surface area contributed by atoms with E-state index in [-0.39, 0.29) is 6.03 Å². The van der Waals surface area contributed by atoms with Crippen LogP contribution in [0, 0.1) is 6.92 Å². The summed E-state index contributed by atoms with van der Waals surface area (Å²) in [6.45, 7) is 2.23. The first-order valence-corrected chi connectivity index (χ1v) is 7.66. The summed E-state index contributed by atoms with van der Waals surface area (Å²) in [5, 5.41) is 9.94. The van der Waals surface area contributed by atoms with Crippen LogP contribution in [0.25, 0.3) is 0 Å². The molecular weight excluding hydrogens is 294 g/mol. The smallest absolute Gasteiger partial charge is 0.320 e. The molecule has 0 saturated heterocycles. The number of aromatic nitrogens is 3. The molecule has 1 saturated carbocycles. The van der Waals surface area contributed by atoms with E-state index in [2.05, 4.69) is 26.8 Å². The standard InChI is InChI=1S/C16H21N5O2/c1-10-4-7-14(23-3)15(18-10)19-16(22)17-9-12-8-13(11-5-6-11)21(2)20-12/h4,7-8,11H,5-6,9H2,1-3H3,(H2,17,18,19,22). The molecule has 0 bridgehead atoms. The number of hydrogen-bond donors (Lipinski definition) is 2. The summed E-state index contributed by atoms with van der Waals surface area (Å²) < 4.78 is 7.10. The lowest BCUT2D eigenvalue weighted by Gasteiger charge is -2.10. The van der Waals surface area contributed by atoms with Crippen LogP contribution < -0.4 is 15.4 Å². The Morgan fingerprint density at radius 2 is 2.22 bits per heavy atom. The molecule has 3 rings (SSSR count). The van der Waals surface area contributed by atoms with Crippen molar-refractivity contribution in [2.45, 2.75) is 32.2 Å². The van der Waals surface area contributed by atoms with E-state index in [9.17, 15) is 4.79 Å². The number of nitrogens with zero attached hydrogens (tertiary/aromatic N) is 3. The molecule has 7 nitrogen and oxygen atoms in total. The largest absolute Gasteiger partial charge is 0.493 e. The maximum atomic E-state index is 12.1. The Hall–Kier alpha value is -2.57. The molecule has 2 heterocycles. The molecule has 2 amide bonds. The minimum atomic E-state index is -0.333. The van der Waals surface area contributed by atoms with E-state index in [4.69, 9.17) is 4.74 Å². The molecule has 1 aliphatic carbocycles. The van der Waals surface area contributed by atoms with Gasteiger partial charge in [-0.05, 0) is 38.0 Å². The van der Waals surface area contributed by atoms with E-state index >= 15 is 0 Å². The average molecular weight is 315 g/mol. The topological polar surface area (TPSA) is 81.1 Å². The van der Waals surface area contributed by atoms with Crippen molar-refractivity contribution < 1.29 is 9.53 Å². The monoisotopic (exact) mass is 315 g/mol. The zero-order valence-electron chi connectivity index (χ0n) is 13.6. The highest BCUT2D eigenvalue weighted by atomic mass is 16.5. The van der Waals surface area contributed by atoms with Gasteiger partial charge >= 0.3 is 6.03 Å². The van der Waals surface area contributed by atoms with Gasteiger partial charge in [-0.2, -0.15) is 5.10 Å². The minimum absolute atomic E-state index is 0.333. The molecule has 0 radical (unpaired) electrons. The lowest BCUT2D eigenvalue weighted by Crippen LogP contribution is -2.29. The molecule has 2 aromatic heterocycles. The van der Waals surface area contributed by atoms with Crippen molar-refractivity contribution in [2.24, 2.45) is 7.05 Å². The number of nitrogens with one attached hydrogen (secondary N) is 2. The number of rotatable bonds is 5. The number of carbonyl (C=O) groups is 1. The van der Waals surface area contributed by atoms with Gasteiger partial charge in [0.25, 0.3) is 0 Å². The number of anilines is 1. The summed E-state index contributed by atoms with van der Waals surface area (Å²) in [4.78, 5) is 16.3. The second kappa shape index (κ2) is 6.28. The Kier molecular flexibility index (Phi) is 4.18. The highest BCUT2D eigenvalue weighted by molar-refractivity contribution is 5.89. The van der Waals surface area contributed by atoms with Crippen LogP contribution >= 0.6 is 0 Å². The van der Waals surface area contributed by atoms with Crippen molar-refractivity contribution in [1.29, 1.82) is 0 Å². The second-order valence-electron chi connectivity index (χ2n) is 5.77. The van der Waals surface area contributed by atoms with Crippen molar-refractivity contribution in [1.82, 2.24) is 20.1 Å². The van der Waals surface area contributed by atoms with Crippen molar-refractivity contribution in [3.8, 4) is 5.75 Å². The number of methoxy groups -OCH3 is 1. The van der Waals surface area contributed by atoms with Gasteiger partial charge in [0.05, 0.1) is 19.3 Å². The molecule has 23 heavy (non-hydrogen) atoms. The molecule has 1 fully saturated rings. The summed E-state index contributed by atoms with van der Waals surface area (Å²) in [7, 11) is 3.49. The summed E-state index contributed by atoms with van der Waals surface area (Å²) in [5.41, 5.74) is 2.90. The van der Waals surface area contributed by atoms with E-state index in [0.29, 0.717) is 24.0 Å². The molecule has 122 valence electrons. The van der Waals surface area contributed by atoms with Gasteiger partial charge in [0, 0.05) is 24.4 Å². The number of pyridine rings is 1. The fraction of sp³-hybridized carbons (Fsp3) is 0.438. The van der Waals surface area contributed by atoms with Gasteiger partial charge in [-0.3, -0.25) is 10.00 Å². The quantitative estimate of drug-likeness (QED) is 0.887. The first-order valence-electron chi connectivity index (χ1n) is 7.66. The molecule has 0 unspecified atom stereocenters. The maximum Gasteiger partial charge on any atom is 0.320 e. The van der Waals surface area contributed by atoms with Gasteiger partial charge in [0.2, 0.25) is 0 Å². The van der Waals surface area contributed by atoms with Crippen molar-refractivity contribution in [2.75, 3.05) is 12.4 Å². The predicted molar refractivity (Wildman–Crippen MR) is 86.6 cm³/mol. The molecule has 1 aliphatic rings. The molecule has 0 aromatic carbocycles. The number of carbonyl (C=O) groups excluding carboxylic acids is 1. The lowest BCUT2D eigenvalue weighted by atomic mass is 10.2. The summed E-state index contributed by atoms with van der Waals surface area (Å²) in [6, 6.07) is 5.33. The molecular formula is C16H21N5O2. The van der Waals surface area contributed by atoms with Crippen LogP contribution in [0.15, 0.2) is 18.2 Å². The van der Waals surface area contributed by atoms with E-state index in [1.54, 1.807) is 13.2 Å². The number of hydrogen-bond acceptors (Lipinski definition) is 4.